The van der Waals surface area contributed by atoms with Gasteiger partial charge in [0, 0.05) is 39.1 Å². The van der Waals surface area contributed by atoms with E-state index in [4.69, 9.17) is 0 Å². The van der Waals surface area contributed by atoms with E-state index in [1.54, 1.807) is 6.07 Å². The molecule has 0 atom stereocenters. The summed E-state index contributed by atoms with van der Waals surface area (Å²) in [5, 5.41) is 25.1. The number of aromatic nitrogens is 2. The molecule has 2 aromatic heterocycles. The summed E-state index contributed by atoms with van der Waals surface area (Å²) in [7, 11) is 0. The van der Waals surface area contributed by atoms with Crippen molar-refractivity contribution in [3.8, 4) is 23.5 Å². The van der Waals surface area contributed by atoms with Crippen LogP contribution in [0.4, 0.5) is 0 Å². The van der Waals surface area contributed by atoms with Gasteiger partial charge in [-0.3, -0.25) is 0 Å². The first kappa shape index (κ1) is 18.5. The first-order chi connectivity index (χ1) is 16.8. The second-order valence-electron chi connectivity index (χ2n) is 8.51. The lowest BCUT2D eigenvalue weighted by Gasteiger charge is -2.10. The van der Waals surface area contributed by atoms with Crippen molar-refractivity contribution in [2.75, 3.05) is 0 Å². The molecule has 0 radical (unpaired) electrons. The van der Waals surface area contributed by atoms with E-state index in [1.165, 1.54) is 32.4 Å². The number of hydrogen-bond acceptors (Lipinski definition) is 2. The molecule has 0 saturated carbocycles. The van der Waals surface area contributed by atoms with Crippen LogP contribution in [0.15, 0.2) is 97.2 Å². The van der Waals surface area contributed by atoms with Gasteiger partial charge in [0.05, 0.1) is 39.8 Å². The van der Waals surface area contributed by atoms with Gasteiger partial charge in [-0.25, -0.2) is 0 Å². The van der Waals surface area contributed by atoms with Gasteiger partial charge in [-0.15, -0.1) is 0 Å². The molecular weight excluding hydrogens is 416 g/mol. The number of fused-ring (bicyclic) bond motifs is 3. The van der Waals surface area contributed by atoms with Gasteiger partial charge in [-0.05, 0) is 53.9 Å². The fraction of sp³-hybridized carbons (Fsp3) is 0. The normalized spacial score (nSPS) is 11.5. The first-order valence-electron chi connectivity index (χ1n) is 11.1. The van der Waals surface area contributed by atoms with Crippen molar-refractivity contribution in [1.29, 1.82) is 10.5 Å². The maximum absolute atomic E-state index is 9.56. The zero-order chi connectivity index (χ0) is 22.8. The zero-order valence-corrected chi connectivity index (χ0v) is 18.0. The lowest BCUT2D eigenvalue weighted by Crippen LogP contribution is -1.96. The SMILES string of the molecule is N#Cc1cc(C#N)cc(-n2c3cccc4c5ccn(-c6ccccc6)c5c5cccc2c5c43)c1. The monoisotopic (exact) mass is 432 g/mol. The minimum Gasteiger partial charge on any atom is -0.316 e. The van der Waals surface area contributed by atoms with Crippen LogP contribution in [0.25, 0.3) is 54.9 Å². The van der Waals surface area contributed by atoms with E-state index in [9.17, 15) is 10.5 Å². The molecule has 0 aliphatic carbocycles. The molecule has 2 heterocycles. The van der Waals surface area contributed by atoms with Crippen LogP contribution in [-0.4, -0.2) is 9.13 Å². The molecule has 4 heteroatoms. The van der Waals surface area contributed by atoms with Crippen molar-refractivity contribution in [3.05, 3.63) is 108 Å². The summed E-state index contributed by atoms with van der Waals surface area (Å²) in [6.07, 6.45) is 2.15. The van der Waals surface area contributed by atoms with Gasteiger partial charge >= 0.3 is 0 Å². The average Bonchev–Trinajstić information content (AvgIpc) is 3.49. The molecule has 0 bridgehead atoms. The number of nitrogens with zero attached hydrogens (tertiary/aromatic N) is 4. The highest BCUT2D eigenvalue weighted by Gasteiger charge is 2.21. The van der Waals surface area contributed by atoms with Crippen LogP contribution >= 0.6 is 0 Å². The smallest absolute Gasteiger partial charge is 0.0992 e. The largest absolute Gasteiger partial charge is 0.316 e. The maximum Gasteiger partial charge on any atom is 0.0992 e. The molecule has 0 N–H and O–H groups in total. The van der Waals surface area contributed by atoms with E-state index < -0.39 is 0 Å². The van der Waals surface area contributed by atoms with Crippen molar-refractivity contribution in [2.24, 2.45) is 0 Å². The van der Waals surface area contributed by atoms with Gasteiger partial charge in [0.1, 0.15) is 0 Å². The van der Waals surface area contributed by atoms with Gasteiger partial charge in [0.15, 0.2) is 0 Å². The van der Waals surface area contributed by atoms with Crippen molar-refractivity contribution in [3.63, 3.8) is 0 Å². The highest BCUT2D eigenvalue weighted by atomic mass is 15.0. The Kier molecular flexibility index (Phi) is 3.66. The highest BCUT2D eigenvalue weighted by Crippen LogP contribution is 2.44. The fourth-order valence-corrected chi connectivity index (χ4v) is 5.41. The average molecular weight is 432 g/mol. The lowest BCUT2D eigenvalue weighted by molar-refractivity contribution is 1.13. The molecule has 0 saturated heterocycles. The summed E-state index contributed by atoms with van der Waals surface area (Å²) < 4.78 is 4.44. The summed E-state index contributed by atoms with van der Waals surface area (Å²) in [6, 6.07) is 35.1. The first-order valence-corrected chi connectivity index (χ1v) is 11.1. The van der Waals surface area contributed by atoms with E-state index >= 15 is 0 Å². The van der Waals surface area contributed by atoms with E-state index in [2.05, 4.69) is 94.2 Å². The van der Waals surface area contributed by atoms with E-state index in [-0.39, 0.29) is 0 Å². The summed E-state index contributed by atoms with van der Waals surface area (Å²) in [5.41, 5.74) is 6.20. The van der Waals surface area contributed by atoms with Crippen molar-refractivity contribution >= 4 is 43.5 Å². The Labute approximate surface area is 195 Å². The Hall–Kier alpha value is -5.06. The van der Waals surface area contributed by atoms with Gasteiger partial charge in [-0.1, -0.05) is 42.5 Å². The summed E-state index contributed by atoms with van der Waals surface area (Å²) >= 11 is 0. The fourth-order valence-electron chi connectivity index (χ4n) is 5.41. The molecule has 5 aromatic carbocycles. The molecule has 7 rings (SSSR count). The Morgan fingerprint density at radius 2 is 1.21 bits per heavy atom. The standard InChI is InChI=1S/C30H16N4/c31-17-19-14-20(18-32)16-22(15-19)34-26-10-4-8-23-24-12-13-33(21-6-2-1-3-7-21)30(24)25-9-5-11-27(34)29(25)28(23)26/h1-16H. The Balaban J connectivity index is 1.69. The number of hydrogen-bond donors (Lipinski definition) is 0. The number of para-hydroxylation sites is 1. The summed E-state index contributed by atoms with van der Waals surface area (Å²) in [5.74, 6) is 0. The van der Waals surface area contributed by atoms with Crippen molar-refractivity contribution in [2.45, 2.75) is 0 Å². The maximum atomic E-state index is 9.56. The second kappa shape index (κ2) is 6.72. The topological polar surface area (TPSA) is 57.4 Å². The van der Waals surface area contributed by atoms with Crippen LogP contribution in [0, 0.1) is 22.7 Å². The van der Waals surface area contributed by atoms with Crippen LogP contribution < -0.4 is 0 Å². The Morgan fingerprint density at radius 3 is 1.88 bits per heavy atom. The third-order valence-electron chi connectivity index (χ3n) is 6.72. The van der Waals surface area contributed by atoms with Crippen molar-refractivity contribution in [1.82, 2.24) is 9.13 Å². The quantitative estimate of drug-likeness (QED) is 0.275. The number of rotatable bonds is 2. The van der Waals surface area contributed by atoms with Crippen LogP contribution in [0.2, 0.25) is 0 Å². The molecule has 7 aromatic rings. The molecule has 0 aliphatic rings. The van der Waals surface area contributed by atoms with Gasteiger partial charge in [0.25, 0.3) is 0 Å². The Morgan fingerprint density at radius 1 is 0.559 bits per heavy atom. The molecule has 0 aliphatic heterocycles. The third-order valence-corrected chi connectivity index (χ3v) is 6.72. The summed E-state index contributed by atoms with van der Waals surface area (Å²) in [6.45, 7) is 0. The number of benzene rings is 5. The van der Waals surface area contributed by atoms with Crippen LogP contribution in [0.3, 0.4) is 0 Å². The van der Waals surface area contributed by atoms with Crippen molar-refractivity contribution < 1.29 is 0 Å². The predicted octanol–water partition coefficient (Wildman–Crippen LogP) is 7.06. The van der Waals surface area contributed by atoms with E-state index in [0.717, 1.165) is 22.4 Å². The minimum atomic E-state index is 0.477. The van der Waals surface area contributed by atoms with Crippen LogP contribution in [0.1, 0.15) is 11.1 Å². The van der Waals surface area contributed by atoms with Gasteiger partial charge in [0.2, 0.25) is 0 Å². The van der Waals surface area contributed by atoms with Crippen LogP contribution in [0.5, 0.6) is 0 Å². The molecule has 0 amide bonds. The van der Waals surface area contributed by atoms with Gasteiger partial charge in [-0.2, -0.15) is 10.5 Å². The molecule has 4 nitrogen and oxygen atoms in total. The van der Waals surface area contributed by atoms with E-state index in [1.807, 2.05) is 18.2 Å². The molecule has 34 heavy (non-hydrogen) atoms. The second-order valence-corrected chi connectivity index (χ2v) is 8.51. The lowest BCUT2D eigenvalue weighted by atomic mass is 9.98. The molecular formula is C30H16N4. The summed E-state index contributed by atoms with van der Waals surface area (Å²) in [4.78, 5) is 0. The predicted molar refractivity (Wildman–Crippen MR) is 136 cm³/mol. The third kappa shape index (κ3) is 2.34. The molecule has 156 valence electrons. The highest BCUT2D eigenvalue weighted by molar-refractivity contribution is 6.34. The van der Waals surface area contributed by atoms with E-state index in [0.29, 0.717) is 11.1 Å². The molecule has 0 unspecified atom stereocenters. The molecule has 0 spiro atoms. The van der Waals surface area contributed by atoms with Gasteiger partial charge < -0.3 is 9.13 Å². The van der Waals surface area contributed by atoms with Crippen LogP contribution in [-0.2, 0) is 0 Å². The zero-order valence-electron chi connectivity index (χ0n) is 18.0. The number of nitriles is 2. The molecule has 0 fully saturated rings. The minimum absolute atomic E-state index is 0.477. The Bertz CT molecular complexity index is 1940.